The highest BCUT2D eigenvalue weighted by Gasteiger charge is 2.32. The van der Waals surface area contributed by atoms with Crippen molar-refractivity contribution in [1.82, 2.24) is 4.90 Å². The summed E-state index contributed by atoms with van der Waals surface area (Å²) in [5.74, 6) is 0. The minimum absolute atomic E-state index is 0.372. The molecule has 2 aliphatic rings. The molecule has 2 saturated heterocycles. The fraction of sp³-hybridized carbons (Fsp3) is 0.600. The molecule has 2 heterocycles. The number of nitrogens with zero attached hydrogens (tertiary/aromatic N) is 1. The zero-order chi connectivity index (χ0) is 11.5. The Bertz CT molecular complexity index is 351. The molecule has 2 nitrogen and oxygen atoms in total. The van der Waals surface area contributed by atoms with Crippen LogP contribution in [0, 0.1) is 0 Å². The summed E-state index contributed by atoms with van der Waals surface area (Å²) in [4.78, 5) is 2.59. The Labute approximate surface area is 104 Å². The van der Waals surface area contributed by atoms with Crippen LogP contribution in [0.25, 0.3) is 0 Å². The summed E-state index contributed by atoms with van der Waals surface area (Å²) in [5, 5.41) is 0. The van der Waals surface area contributed by atoms with E-state index in [9.17, 15) is 0 Å². The Morgan fingerprint density at radius 3 is 2.76 bits per heavy atom. The van der Waals surface area contributed by atoms with Crippen molar-refractivity contribution in [3.63, 3.8) is 0 Å². The van der Waals surface area contributed by atoms with E-state index < -0.39 is 0 Å². The molecule has 2 aliphatic heterocycles. The van der Waals surface area contributed by atoms with Gasteiger partial charge in [0.1, 0.15) is 6.23 Å². The Morgan fingerprint density at radius 1 is 1.00 bits per heavy atom. The molecule has 2 heteroatoms. The number of benzene rings is 1. The molecule has 1 aromatic rings. The zero-order valence-corrected chi connectivity index (χ0v) is 10.3. The van der Waals surface area contributed by atoms with Crippen LogP contribution in [-0.2, 0) is 4.74 Å². The van der Waals surface area contributed by atoms with E-state index in [1.165, 1.54) is 37.8 Å². The molecule has 3 rings (SSSR count). The summed E-state index contributed by atoms with van der Waals surface area (Å²) in [6.07, 6.45) is 6.73. The van der Waals surface area contributed by atoms with Crippen LogP contribution in [0.15, 0.2) is 30.3 Å². The van der Waals surface area contributed by atoms with E-state index >= 15 is 0 Å². The molecule has 0 unspecified atom stereocenters. The molecule has 0 aromatic heterocycles. The minimum atomic E-state index is 0.372. The highest BCUT2D eigenvalue weighted by Crippen LogP contribution is 2.34. The van der Waals surface area contributed by atoms with Crippen molar-refractivity contribution in [3.8, 4) is 0 Å². The molecule has 2 atom stereocenters. The molecule has 2 fully saturated rings. The maximum absolute atomic E-state index is 5.94. The van der Waals surface area contributed by atoms with Gasteiger partial charge in [0.2, 0.25) is 0 Å². The van der Waals surface area contributed by atoms with Gasteiger partial charge in [0.25, 0.3) is 0 Å². The van der Waals surface area contributed by atoms with E-state index in [4.69, 9.17) is 4.74 Å². The van der Waals surface area contributed by atoms with Crippen LogP contribution < -0.4 is 0 Å². The summed E-state index contributed by atoms with van der Waals surface area (Å²) < 4.78 is 5.94. The van der Waals surface area contributed by atoms with Crippen LogP contribution in [0.2, 0.25) is 0 Å². The number of hydrogen-bond acceptors (Lipinski definition) is 2. The first-order chi connectivity index (χ1) is 8.45. The van der Waals surface area contributed by atoms with E-state index in [1.807, 2.05) is 0 Å². The third kappa shape index (κ3) is 2.38. The average molecular weight is 231 g/mol. The Balaban J connectivity index is 1.83. The molecule has 0 N–H and O–H groups in total. The predicted molar refractivity (Wildman–Crippen MR) is 68.7 cm³/mol. The summed E-state index contributed by atoms with van der Waals surface area (Å²) in [5.41, 5.74) is 1.46. The molecular formula is C15H21NO. The maximum atomic E-state index is 5.94. The molecule has 0 amide bonds. The zero-order valence-electron chi connectivity index (χ0n) is 10.3. The molecule has 92 valence electrons. The molecule has 0 aliphatic carbocycles. The fourth-order valence-corrected chi connectivity index (χ4v) is 3.15. The van der Waals surface area contributed by atoms with Crippen molar-refractivity contribution in [2.24, 2.45) is 0 Å². The molecule has 1 aromatic carbocycles. The molecular weight excluding hydrogens is 210 g/mol. The lowest BCUT2D eigenvalue weighted by Crippen LogP contribution is -2.44. The lowest BCUT2D eigenvalue weighted by Gasteiger charge is -2.41. The highest BCUT2D eigenvalue weighted by molar-refractivity contribution is 5.19. The topological polar surface area (TPSA) is 12.5 Å². The Hall–Kier alpha value is -0.860. The second-order valence-corrected chi connectivity index (χ2v) is 5.13. The first-order valence-electron chi connectivity index (χ1n) is 6.87. The normalized spacial score (nSPS) is 30.6. The van der Waals surface area contributed by atoms with Crippen LogP contribution >= 0.6 is 0 Å². The summed E-state index contributed by atoms with van der Waals surface area (Å²) >= 11 is 0. The molecule has 0 saturated carbocycles. The average Bonchev–Trinajstić information content (AvgIpc) is 2.64. The van der Waals surface area contributed by atoms with E-state index in [1.54, 1.807) is 0 Å². The number of fused-ring (bicyclic) bond motifs is 1. The SMILES string of the molecule is c1ccc([C@@H]2CCO[C@@H]3CCCCCN32)cc1. The maximum Gasteiger partial charge on any atom is 0.111 e. The van der Waals surface area contributed by atoms with Gasteiger partial charge in [-0.05, 0) is 31.2 Å². The number of ether oxygens (including phenoxy) is 1. The summed E-state index contributed by atoms with van der Waals surface area (Å²) in [7, 11) is 0. The lowest BCUT2D eigenvalue weighted by molar-refractivity contribution is -0.123. The number of hydrogen-bond donors (Lipinski definition) is 0. The largest absolute Gasteiger partial charge is 0.363 e. The van der Waals surface area contributed by atoms with Crippen LogP contribution in [0.1, 0.15) is 43.7 Å². The summed E-state index contributed by atoms with van der Waals surface area (Å²) in [6.45, 7) is 2.12. The van der Waals surface area contributed by atoms with Crippen molar-refractivity contribution in [2.45, 2.75) is 44.4 Å². The van der Waals surface area contributed by atoms with Gasteiger partial charge >= 0.3 is 0 Å². The van der Waals surface area contributed by atoms with Crippen LogP contribution in [0.3, 0.4) is 0 Å². The van der Waals surface area contributed by atoms with Gasteiger partial charge in [0, 0.05) is 12.6 Å². The molecule has 0 spiro atoms. The van der Waals surface area contributed by atoms with Gasteiger partial charge < -0.3 is 4.74 Å². The van der Waals surface area contributed by atoms with Crippen molar-refractivity contribution in [2.75, 3.05) is 13.2 Å². The monoisotopic (exact) mass is 231 g/mol. The predicted octanol–water partition coefficient (Wildman–Crippen LogP) is 3.35. The van der Waals surface area contributed by atoms with Gasteiger partial charge in [-0.2, -0.15) is 0 Å². The van der Waals surface area contributed by atoms with Gasteiger partial charge in [-0.25, -0.2) is 0 Å². The van der Waals surface area contributed by atoms with Crippen LogP contribution in [0.5, 0.6) is 0 Å². The fourth-order valence-electron chi connectivity index (χ4n) is 3.15. The second kappa shape index (κ2) is 5.19. The lowest BCUT2D eigenvalue weighted by atomic mass is 10.0. The van der Waals surface area contributed by atoms with Crippen LogP contribution in [-0.4, -0.2) is 24.3 Å². The Kier molecular flexibility index (Phi) is 3.44. The van der Waals surface area contributed by atoms with Crippen molar-refractivity contribution < 1.29 is 4.74 Å². The summed E-state index contributed by atoms with van der Waals surface area (Å²) in [6, 6.07) is 11.5. The van der Waals surface area contributed by atoms with E-state index in [0.717, 1.165) is 13.0 Å². The van der Waals surface area contributed by atoms with E-state index in [-0.39, 0.29) is 0 Å². The van der Waals surface area contributed by atoms with Crippen molar-refractivity contribution >= 4 is 0 Å². The van der Waals surface area contributed by atoms with Gasteiger partial charge in [0.05, 0.1) is 6.61 Å². The Morgan fingerprint density at radius 2 is 1.88 bits per heavy atom. The first-order valence-corrected chi connectivity index (χ1v) is 6.87. The highest BCUT2D eigenvalue weighted by atomic mass is 16.5. The van der Waals surface area contributed by atoms with Crippen molar-refractivity contribution in [1.29, 1.82) is 0 Å². The second-order valence-electron chi connectivity index (χ2n) is 5.13. The van der Waals surface area contributed by atoms with Gasteiger partial charge in [-0.15, -0.1) is 0 Å². The quantitative estimate of drug-likeness (QED) is 0.735. The van der Waals surface area contributed by atoms with Crippen molar-refractivity contribution in [3.05, 3.63) is 35.9 Å². The van der Waals surface area contributed by atoms with Crippen LogP contribution in [0.4, 0.5) is 0 Å². The standard InChI is InChI=1S/C15H21NO/c1-3-7-13(8-4-1)14-10-12-17-15-9-5-2-6-11-16(14)15/h1,3-4,7-8,14-15H,2,5-6,9-12H2/t14-,15+/m0/s1. The van der Waals surface area contributed by atoms with Gasteiger partial charge in [0.15, 0.2) is 0 Å². The minimum Gasteiger partial charge on any atom is -0.363 e. The number of rotatable bonds is 1. The molecule has 0 radical (unpaired) electrons. The van der Waals surface area contributed by atoms with E-state index in [0.29, 0.717) is 12.3 Å². The van der Waals surface area contributed by atoms with Gasteiger partial charge in [-0.3, -0.25) is 4.90 Å². The van der Waals surface area contributed by atoms with E-state index in [2.05, 4.69) is 35.2 Å². The third-order valence-corrected chi connectivity index (χ3v) is 4.02. The van der Waals surface area contributed by atoms with Gasteiger partial charge in [-0.1, -0.05) is 36.8 Å². The molecule has 0 bridgehead atoms. The molecule has 17 heavy (non-hydrogen) atoms. The smallest absolute Gasteiger partial charge is 0.111 e. The third-order valence-electron chi connectivity index (χ3n) is 4.02. The first kappa shape index (κ1) is 11.2.